The van der Waals surface area contributed by atoms with Gasteiger partial charge in [0.25, 0.3) is 0 Å². The number of rotatable bonds is 16. The van der Waals surface area contributed by atoms with Crippen molar-refractivity contribution in [3.05, 3.63) is 0 Å². The number of nitrogens with two attached hydrogens (primary N) is 1. The van der Waals surface area contributed by atoms with Gasteiger partial charge in [-0.2, -0.15) is 0 Å². The number of hydrogen-bond donors (Lipinski definition) is 5. The molecule has 0 aromatic carbocycles. The number of unbranched alkanes of at least 4 members (excludes halogenated alkanes) is 1. The van der Waals surface area contributed by atoms with Crippen LogP contribution in [-0.4, -0.2) is 58.3 Å². The Morgan fingerprint density at radius 1 is 0.810 bits per heavy atom. The zero-order chi connectivity index (χ0) is 15.6. The predicted molar refractivity (Wildman–Crippen MR) is 89.4 cm³/mol. The summed E-state index contributed by atoms with van der Waals surface area (Å²) in [4.78, 5) is 11.1. The van der Waals surface area contributed by atoms with Crippen molar-refractivity contribution in [2.45, 2.75) is 39.0 Å². The largest absolute Gasteiger partial charge is 0.356 e. The lowest BCUT2D eigenvalue weighted by molar-refractivity contribution is -0.120. The van der Waals surface area contributed by atoms with Crippen LogP contribution in [0, 0.1) is 0 Å². The van der Waals surface area contributed by atoms with E-state index in [0.717, 1.165) is 52.2 Å². The maximum Gasteiger partial charge on any atom is 0.221 e. The normalized spacial score (nSPS) is 10.8. The number of carbonyl (C=O) groups excluding carboxylic acids is 1. The van der Waals surface area contributed by atoms with E-state index in [-0.39, 0.29) is 5.91 Å². The van der Waals surface area contributed by atoms with Gasteiger partial charge >= 0.3 is 0 Å². The summed E-state index contributed by atoms with van der Waals surface area (Å²) in [6, 6.07) is 0. The molecule has 0 radical (unpaired) electrons. The zero-order valence-electron chi connectivity index (χ0n) is 13.7. The van der Waals surface area contributed by atoms with Crippen LogP contribution >= 0.6 is 0 Å². The molecule has 0 saturated carbocycles. The van der Waals surface area contributed by atoms with E-state index in [1.54, 1.807) is 0 Å². The van der Waals surface area contributed by atoms with E-state index in [9.17, 15) is 4.79 Å². The van der Waals surface area contributed by atoms with E-state index >= 15 is 0 Å². The maximum atomic E-state index is 11.1. The van der Waals surface area contributed by atoms with Crippen molar-refractivity contribution < 1.29 is 4.79 Å². The predicted octanol–water partition coefficient (Wildman–Crippen LogP) is -0.199. The van der Waals surface area contributed by atoms with Crippen LogP contribution < -0.4 is 27.0 Å². The Labute approximate surface area is 130 Å². The third-order valence-corrected chi connectivity index (χ3v) is 3.14. The minimum atomic E-state index is 0.0534. The summed E-state index contributed by atoms with van der Waals surface area (Å²) in [5, 5.41) is 13.0. The molecule has 1 amide bonds. The van der Waals surface area contributed by atoms with Crippen LogP contribution in [0.25, 0.3) is 0 Å². The molecule has 0 aliphatic rings. The second-order valence-electron chi connectivity index (χ2n) is 5.16. The van der Waals surface area contributed by atoms with E-state index in [1.165, 1.54) is 19.3 Å². The molecule has 6 N–H and O–H groups in total. The van der Waals surface area contributed by atoms with Gasteiger partial charge in [0.15, 0.2) is 0 Å². The molecule has 0 rings (SSSR count). The van der Waals surface area contributed by atoms with Crippen LogP contribution in [0.4, 0.5) is 0 Å². The molecule has 21 heavy (non-hydrogen) atoms. The average Bonchev–Trinajstić information content (AvgIpc) is 2.48. The van der Waals surface area contributed by atoms with Gasteiger partial charge in [-0.3, -0.25) is 4.79 Å². The fourth-order valence-corrected chi connectivity index (χ4v) is 1.93. The van der Waals surface area contributed by atoms with E-state index in [1.807, 2.05) is 0 Å². The summed E-state index contributed by atoms with van der Waals surface area (Å²) in [6.45, 7) is 9.66. The van der Waals surface area contributed by atoms with Gasteiger partial charge in [-0.25, -0.2) is 0 Å². The van der Waals surface area contributed by atoms with Gasteiger partial charge in [-0.15, -0.1) is 0 Å². The van der Waals surface area contributed by atoms with Gasteiger partial charge < -0.3 is 27.0 Å². The standard InChI is InChI=1S/C15H35N5O/c1-2-17-11-5-12-18-9-3-4-10-19-13-6-14-20-15(21)7-8-16/h17-19H,2-14,16H2,1H3,(H,20,21). The van der Waals surface area contributed by atoms with Crippen LogP contribution in [0.15, 0.2) is 0 Å². The van der Waals surface area contributed by atoms with E-state index in [0.29, 0.717) is 13.0 Å². The highest BCUT2D eigenvalue weighted by atomic mass is 16.1. The fraction of sp³-hybridized carbons (Fsp3) is 0.933. The van der Waals surface area contributed by atoms with Crippen molar-refractivity contribution >= 4 is 5.91 Å². The van der Waals surface area contributed by atoms with Crippen molar-refractivity contribution in [2.24, 2.45) is 5.73 Å². The third kappa shape index (κ3) is 17.3. The molecule has 0 unspecified atom stereocenters. The molecule has 0 atom stereocenters. The summed E-state index contributed by atoms with van der Waals surface area (Å²) < 4.78 is 0. The lowest BCUT2D eigenvalue weighted by atomic mass is 10.3. The van der Waals surface area contributed by atoms with Gasteiger partial charge in [0.2, 0.25) is 5.91 Å². The monoisotopic (exact) mass is 301 g/mol. The number of nitrogens with one attached hydrogen (secondary N) is 4. The van der Waals surface area contributed by atoms with E-state index in [2.05, 4.69) is 28.2 Å². The average molecular weight is 301 g/mol. The van der Waals surface area contributed by atoms with Crippen LogP contribution in [0.1, 0.15) is 39.0 Å². The van der Waals surface area contributed by atoms with Crippen molar-refractivity contribution in [2.75, 3.05) is 52.4 Å². The maximum absolute atomic E-state index is 11.1. The first-order valence-electron chi connectivity index (χ1n) is 8.40. The van der Waals surface area contributed by atoms with Crippen molar-refractivity contribution in [1.29, 1.82) is 0 Å². The number of amides is 1. The quantitative estimate of drug-likeness (QED) is 0.255. The second kappa shape index (κ2) is 17.4. The number of hydrogen-bond acceptors (Lipinski definition) is 5. The minimum absolute atomic E-state index is 0.0534. The molecule has 0 bridgehead atoms. The molecule has 0 aromatic heterocycles. The van der Waals surface area contributed by atoms with Crippen LogP contribution in [0.2, 0.25) is 0 Å². The first-order chi connectivity index (χ1) is 10.3. The first kappa shape index (κ1) is 20.3. The molecular formula is C15H35N5O. The van der Waals surface area contributed by atoms with Gasteiger partial charge in [0.1, 0.15) is 0 Å². The summed E-state index contributed by atoms with van der Waals surface area (Å²) in [5.74, 6) is 0.0534. The van der Waals surface area contributed by atoms with Crippen molar-refractivity contribution in [3.8, 4) is 0 Å². The zero-order valence-corrected chi connectivity index (χ0v) is 13.7. The smallest absolute Gasteiger partial charge is 0.221 e. The molecule has 0 saturated heterocycles. The molecule has 0 fully saturated rings. The highest BCUT2D eigenvalue weighted by molar-refractivity contribution is 5.75. The highest BCUT2D eigenvalue weighted by Crippen LogP contribution is 1.86. The van der Waals surface area contributed by atoms with Crippen LogP contribution in [0.5, 0.6) is 0 Å². The molecule has 0 aliphatic carbocycles. The van der Waals surface area contributed by atoms with E-state index < -0.39 is 0 Å². The summed E-state index contributed by atoms with van der Waals surface area (Å²) in [6.07, 6.45) is 5.00. The minimum Gasteiger partial charge on any atom is -0.356 e. The molecule has 0 heterocycles. The van der Waals surface area contributed by atoms with Crippen molar-refractivity contribution in [3.63, 3.8) is 0 Å². The first-order valence-corrected chi connectivity index (χ1v) is 8.40. The SMILES string of the molecule is CCNCCCNCCCCNCCCNC(=O)CCN. The Morgan fingerprint density at radius 3 is 1.90 bits per heavy atom. The van der Waals surface area contributed by atoms with Crippen LogP contribution in [-0.2, 0) is 4.79 Å². The molecule has 0 aromatic rings. The van der Waals surface area contributed by atoms with Crippen LogP contribution in [0.3, 0.4) is 0 Å². The molecule has 0 spiro atoms. The Kier molecular flexibility index (Phi) is 16.8. The van der Waals surface area contributed by atoms with Crippen molar-refractivity contribution in [1.82, 2.24) is 21.3 Å². The third-order valence-electron chi connectivity index (χ3n) is 3.14. The Hall–Kier alpha value is -0.690. The van der Waals surface area contributed by atoms with Gasteiger partial charge in [-0.1, -0.05) is 6.92 Å². The van der Waals surface area contributed by atoms with Gasteiger partial charge in [0.05, 0.1) is 0 Å². The molecule has 6 heteroatoms. The Balaban J connectivity index is 3.01. The summed E-state index contributed by atoms with van der Waals surface area (Å²) in [7, 11) is 0. The second-order valence-corrected chi connectivity index (χ2v) is 5.16. The van der Waals surface area contributed by atoms with Gasteiger partial charge in [-0.05, 0) is 65.0 Å². The summed E-state index contributed by atoms with van der Waals surface area (Å²) in [5.41, 5.74) is 5.30. The topological polar surface area (TPSA) is 91.2 Å². The number of carbonyl (C=O) groups is 1. The van der Waals surface area contributed by atoms with E-state index in [4.69, 9.17) is 5.73 Å². The molecular weight excluding hydrogens is 266 g/mol. The lowest BCUT2D eigenvalue weighted by Crippen LogP contribution is -2.29. The molecule has 126 valence electrons. The Bertz CT molecular complexity index is 226. The lowest BCUT2D eigenvalue weighted by Gasteiger charge is -2.07. The molecule has 0 aliphatic heterocycles. The molecule has 6 nitrogen and oxygen atoms in total. The summed E-state index contributed by atoms with van der Waals surface area (Å²) >= 11 is 0. The highest BCUT2D eigenvalue weighted by Gasteiger charge is 1.97. The Morgan fingerprint density at radius 2 is 1.33 bits per heavy atom. The fourth-order valence-electron chi connectivity index (χ4n) is 1.93. The van der Waals surface area contributed by atoms with Gasteiger partial charge in [0, 0.05) is 19.5 Å².